The number of nitrogens with zero attached hydrogens (tertiary/aromatic N) is 1. The van der Waals surface area contributed by atoms with E-state index in [-0.39, 0.29) is 0 Å². The summed E-state index contributed by atoms with van der Waals surface area (Å²) < 4.78 is 0. The van der Waals surface area contributed by atoms with Crippen LogP contribution in [0, 0.1) is 0 Å². The van der Waals surface area contributed by atoms with Crippen LogP contribution < -0.4 is 5.32 Å². The van der Waals surface area contributed by atoms with Crippen molar-refractivity contribution in [2.45, 2.75) is 25.3 Å². The summed E-state index contributed by atoms with van der Waals surface area (Å²) in [5, 5.41) is 3.42. The molecule has 1 rings (SSSR count). The van der Waals surface area contributed by atoms with Gasteiger partial charge in [-0.25, -0.2) is 0 Å². The average Bonchev–Trinajstić information content (AvgIpc) is 2.42. The van der Waals surface area contributed by atoms with Crippen molar-refractivity contribution in [1.82, 2.24) is 10.2 Å². The van der Waals surface area contributed by atoms with Gasteiger partial charge in [0.15, 0.2) is 0 Å². The van der Waals surface area contributed by atoms with Crippen LogP contribution in [0.1, 0.15) is 19.3 Å². The summed E-state index contributed by atoms with van der Waals surface area (Å²) in [7, 11) is 2.17. The van der Waals surface area contributed by atoms with Gasteiger partial charge in [0, 0.05) is 18.1 Å². The smallest absolute Gasteiger partial charge is 0.0174 e. The first-order chi connectivity index (χ1) is 6.34. The predicted molar refractivity (Wildman–Crippen MR) is 58.1 cm³/mol. The minimum absolute atomic E-state index is 0.725. The van der Waals surface area contributed by atoms with Gasteiger partial charge in [-0.05, 0) is 39.4 Å². The Labute approximate surface area is 85.9 Å². The second kappa shape index (κ2) is 6.41. The fourth-order valence-corrected chi connectivity index (χ4v) is 1.88. The molecule has 3 heteroatoms. The monoisotopic (exact) mass is 202 g/mol. The lowest BCUT2D eigenvalue weighted by Gasteiger charge is -2.25. The van der Waals surface area contributed by atoms with Crippen molar-refractivity contribution >= 4 is 11.6 Å². The summed E-state index contributed by atoms with van der Waals surface area (Å²) in [4.78, 5) is 2.38. The maximum Gasteiger partial charge on any atom is 0.0174 e. The summed E-state index contributed by atoms with van der Waals surface area (Å²) in [6.07, 6.45) is 5.85. The van der Waals surface area contributed by atoms with Gasteiger partial charge in [-0.3, -0.25) is 4.90 Å². The van der Waals surface area contributed by atoms with Gasteiger partial charge < -0.3 is 5.32 Å². The highest BCUT2D eigenvalue weighted by molar-refractivity contribution is 6.25. The molecule has 1 atom stereocenters. The third-order valence-corrected chi connectivity index (χ3v) is 2.83. The SMILES string of the molecule is CN(C/C=C/Cl)C1CCCNCC1. The van der Waals surface area contributed by atoms with Crippen LogP contribution in [0.25, 0.3) is 0 Å². The lowest BCUT2D eigenvalue weighted by Crippen LogP contribution is -2.32. The molecule has 2 nitrogen and oxygen atoms in total. The summed E-state index contributed by atoms with van der Waals surface area (Å²) in [5.41, 5.74) is 1.60. The van der Waals surface area contributed by atoms with E-state index < -0.39 is 0 Å². The van der Waals surface area contributed by atoms with Crippen LogP contribution in [0.2, 0.25) is 0 Å². The molecule has 0 aromatic rings. The van der Waals surface area contributed by atoms with Gasteiger partial charge in [0.25, 0.3) is 0 Å². The molecule has 0 amide bonds. The van der Waals surface area contributed by atoms with E-state index in [0.717, 1.165) is 19.1 Å². The van der Waals surface area contributed by atoms with E-state index in [4.69, 9.17) is 11.6 Å². The highest BCUT2D eigenvalue weighted by Crippen LogP contribution is 2.11. The molecule has 0 bridgehead atoms. The number of likely N-dealkylation sites (N-methyl/N-ethyl adjacent to an activating group) is 1. The predicted octanol–water partition coefficient (Wildman–Crippen LogP) is 1.81. The van der Waals surface area contributed by atoms with Gasteiger partial charge in [0.1, 0.15) is 0 Å². The highest BCUT2D eigenvalue weighted by Gasteiger charge is 2.14. The van der Waals surface area contributed by atoms with Gasteiger partial charge in [-0.1, -0.05) is 17.7 Å². The van der Waals surface area contributed by atoms with Crippen LogP contribution >= 0.6 is 11.6 Å². The fourth-order valence-electron chi connectivity index (χ4n) is 1.80. The summed E-state index contributed by atoms with van der Waals surface area (Å²) in [6, 6.07) is 0.725. The number of nitrogens with one attached hydrogen (secondary N) is 1. The number of hydrogen-bond donors (Lipinski definition) is 1. The zero-order chi connectivity index (χ0) is 9.52. The molecule has 1 aliphatic rings. The standard InChI is InChI=1S/C10H19ClN2/c1-13(9-3-6-11)10-4-2-7-12-8-5-10/h3,6,10,12H,2,4-5,7-9H2,1H3/b6-3+. The van der Waals surface area contributed by atoms with Gasteiger partial charge in [0.05, 0.1) is 0 Å². The van der Waals surface area contributed by atoms with E-state index in [1.54, 1.807) is 5.54 Å². The van der Waals surface area contributed by atoms with Crippen molar-refractivity contribution < 1.29 is 0 Å². The van der Waals surface area contributed by atoms with Crippen molar-refractivity contribution in [3.05, 3.63) is 11.6 Å². The minimum Gasteiger partial charge on any atom is -0.317 e. The molecule has 0 aliphatic carbocycles. The molecule has 1 aliphatic heterocycles. The molecule has 0 aromatic carbocycles. The quantitative estimate of drug-likeness (QED) is 0.751. The summed E-state index contributed by atoms with van der Waals surface area (Å²) in [5.74, 6) is 0. The number of halogens is 1. The molecule has 1 unspecified atom stereocenters. The molecule has 1 saturated heterocycles. The first-order valence-corrected chi connectivity index (χ1v) is 5.44. The summed E-state index contributed by atoms with van der Waals surface area (Å²) >= 11 is 5.50. The van der Waals surface area contributed by atoms with Gasteiger partial charge in [-0.15, -0.1) is 0 Å². The second-order valence-electron chi connectivity index (χ2n) is 3.64. The number of rotatable bonds is 3. The molecular weight excluding hydrogens is 184 g/mol. The molecule has 0 aromatic heterocycles. The molecule has 0 radical (unpaired) electrons. The normalized spacial score (nSPS) is 25.3. The van der Waals surface area contributed by atoms with E-state index in [9.17, 15) is 0 Å². The maximum atomic E-state index is 5.50. The molecule has 13 heavy (non-hydrogen) atoms. The zero-order valence-corrected chi connectivity index (χ0v) is 9.06. The van der Waals surface area contributed by atoms with Crippen molar-refractivity contribution in [3.8, 4) is 0 Å². The zero-order valence-electron chi connectivity index (χ0n) is 8.30. The molecule has 1 heterocycles. The van der Waals surface area contributed by atoms with Gasteiger partial charge >= 0.3 is 0 Å². The Balaban J connectivity index is 2.30. The van der Waals surface area contributed by atoms with Crippen LogP contribution in [0.15, 0.2) is 11.6 Å². The Morgan fingerprint density at radius 1 is 1.46 bits per heavy atom. The Kier molecular flexibility index (Phi) is 5.44. The molecular formula is C10H19ClN2. The van der Waals surface area contributed by atoms with Crippen molar-refractivity contribution in [3.63, 3.8) is 0 Å². The molecule has 0 spiro atoms. The fraction of sp³-hybridized carbons (Fsp3) is 0.800. The minimum atomic E-state index is 0.725. The second-order valence-corrected chi connectivity index (χ2v) is 3.89. The van der Waals surface area contributed by atoms with Crippen molar-refractivity contribution in [2.24, 2.45) is 0 Å². The summed E-state index contributed by atoms with van der Waals surface area (Å²) in [6.45, 7) is 3.30. The van der Waals surface area contributed by atoms with Crippen molar-refractivity contribution in [1.29, 1.82) is 0 Å². The van der Waals surface area contributed by atoms with E-state index >= 15 is 0 Å². The maximum absolute atomic E-state index is 5.50. The lowest BCUT2D eigenvalue weighted by atomic mass is 10.1. The van der Waals surface area contributed by atoms with E-state index in [1.807, 2.05) is 6.08 Å². The van der Waals surface area contributed by atoms with Crippen LogP contribution in [-0.4, -0.2) is 37.6 Å². The largest absolute Gasteiger partial charge is 0.317 e. The molecule has 1 N–H and O–H groups in total. The number of hydrogen-bond acceptors (Lipinski definition) is 2. The highest BCUT2D eigenvalue weighted by atomic mass is 35.5. The van der Waals surface area contributed by atoms with Crippen molar-refractivity contribution in [2.75, 3.05) is 26.7 Å². The van der Waals surface area contributed by atoms with E-state index in [1.165, 1.54) is 25.8 Å². The first-order valence-electron chi connectivity index (χ1n) is 5.01. The van der Waals surface area contributed by atoms with Crippen LogP contribution in [-0.2, 0) is 0 Å². The molecule has 76 valence electrons. The van der Waals surface area contributed by atoms with Gasteiger partial charge in [-0.2, -0.15) is 0 Å². The van der Waals surface area contributed by atoms with Crippen LogP contribution in [0.5, 0.6) is 0 Å². The Hall–Kier alpha value is -0.0500. The topological polar surface area (TPSA) is 15.3 Å². The Morgan fingerprint density at radius 2 is 2.31 bits per heavy atom. The lowest BCUT2D eigenvalue weighted by molar-refractivity contribution is 0.247. The van der Waals surface area contributed by atoms with Crippen LogP contribution in [0.3, 0.4) is 0 Å². The van der Waals surface area contributed by atoms with Crippen LogP contribution in [0.4, 0.5) is 0 Å². The Morgan fingerprint density at radius 3 is 3.08 bits per heavy atom. The average molecular weight is 203 g/mol. The van der Waals surface area contributed by atoms with E-state index in [2.05, 4.69) is 17.3 Å². The van der Waals surface area contributed by atoms with Gasteiger partial charge in [0.2, 0.25) is 0 Å². The third kappa shape index (κ3) is 4.12. The Bertz CT molecular complexity index is 151. The molecule has 1 fully saturated rings. The van der Waals surface area contributed by atoms with E-state index in [0.29, 0.717) is 0 Å². The first kappa shape index (κ1) is 11.0. The molecule has 0 saturated carbocycles. The third-order valence-electron chi connectivity index (χ3n) is 2.65.